The van der Waals surface area contributed by atoms with Crippen molar-refractivity contribution in [3.05, 3.63) is 0 Å². The second kappa shape index (κ2) is 6.42. The van der Waals surface area contributed by atoms with E-state index in [-0.39, 0.29) is 24.4 Å². The molecule has 4 nitrogen and oxygen atoms in total. The highest BCUT2D eigenvalue weighted by atomic mass is 35.5. The van der Waals surface area contributed by atoms with Gasteiger partial charge in [0.15, 0.2) is 0 Å². The Labute approximate surface area is 103 Å². The van der Waals surface area contributed by atoms with Gasteiger partial charge in [0.2, 0.25) is 5.91 Å². The number of amides is 1. The second-order valence-electron chi connectivity index (χ2n) is 4.50. The van der Waals surface area contributed by atoms with E-state index in [4.69, 9.17) is 4.74 Å². The van der Waals surface area contributed by atoms with Crippen LogP contribution in [0.4, 0.5) is 0 Å². The molecule has 16 heavy (non-hydrogen) atoms. The van der Waals surface area contributed by atoms with Crippen LogP contribution in [0.15, 0.2) is 0 Å². The van der Waals surface area contributed by atoms with Crippen molar-refractivity contribution in [2.24, 2.45) is 5.92 Å². The maximum atomic E-state index is 11.7. The Morgan fingerprint density at radius 3 is 2.69 bits per heavy atom. The highest BCUT2D eigenvalue weighted by molar-refractivity contribution is 5.85. The number of nitrogens with one attached hydrogen (secondary N) is 2. The number of hydrogen-bond donors (Lipinski definition) is 2. The van der Waals surface area contributed by atoms with Crippen LogP contribution in [0.5, 0.6) is 0 Å². The molecule has 0 aromatic rings. The van der Waals surface area contributed by atoms with Crippen LogP contribution < -0.4 is 10.6 Å². The van der Waals surface area contributed by atoms with Crippen molar-refractivity contribution in [2.45, 2.75) is 38.4 Å². The molecule has 0 saturated carbocycles. The van der Waals surface area contributed by atoms with Crippen LogP contribution in [0.25, 0.3) is 0 Å². The smallest absolute Gasteiger partial charge is 0.249 e. The SMILES string of the molecule is CCC1CCC(C(=O)NCC2CNC2)O1.Cl. The summed E-state index contributed by atoms with van der Waals surface area (Å²) in [6.45, 7) is 4.96. The van der Waals surface area contributed by atoms with Gasteiger partial charge in [0.25, 0.3) is 0 Å². The lowest BCUT2D eigenvalue weighted by Crippen LogP contribution is -2.49. The predicted molar refractivity (Wildman–Crippen MR) is 64.8 cm³/mol. The Morgan fingerprint density at radius 2 is 2.19 bits per heavy atom. The molecule has 0 bridgehead atoms. The minimum Gasteiger partial charge on any atom is -0.365 e. The largest absolute Gasteiger partial charge is 0.365 e. The fourth-order valence-electron chi connectivity index (χ4n) is 2.05. The van der Waals surface area contributed by atoms with E-state index in [2.05, 4.69) is 17.6 Å². The molecule has 0 aromatic heterocycles. The normalized spacial score (nSPS) is 29.3. The van der Waals surface area contributed by atoms with Crippen molar-refractivity contribution in [2.75, 3.05) is 19.6 Å². The second-order valence-corrected chi connectivity index (χ2v) is 4.50. The molecule has 0 spiro atoms. The van der Waals surface area contributed by atoms with Crippen molar-refractivity contribution >= 4 is 18.3 Å². The van der Waals surface area contributed by atoms with Crippen molar-refractivity contribution in [1.82, 2.24) is 10.6 Å². The van der Waals surface area contributed by atoms with Crippen molar-refractivity contribution < 1.29 is 9.53 Å². The first-order chi connectivity index (χ1) is 7.29. The van der Waals surface area contributed by atoms with E-state index in [0.717, 1.165) is 38.9 Å². The monoisotopic (exact) mass is 248 g/mol. The van der Waals surface area contributed by atoms with Crippen LogP contribution in [0.1, 0.15) is 26.2 Å². The third-order valence-corrected chi connectivity index (χ3v) is 3.29. The van der Waals surface area contributed by atoms with Crippen LogP contribution in [-0.4, -0.2) is 37.7 Å². The first-order valence-electron chi connectivity index (χ1n) is 5.93. The lowest BCUT2D eigenvalue weighted by Gasteiger charge is -2.27. The molecular formula is C11H21ClN2O2. The van der Waals surface area contributed by atoms with E-state index in [1.54, 1.807) is 0 Å². The number of ether oxygens (including phenoxy) is 1. The number of carbonyl (C=O) groups is 1. The molecule has 1 amide bonds. The highest BCUT2D eigenvalue weighted by Gasteiger charge is 2.30. The topological polar surface area (TPSA) is 50.4 Å². The van der Waals surface area contributed by atoms with Crippen LogP contribution in [0.3, 0.4) is 0 Å². The van der Waals surface area contributed by atoms with Crippen LogP contribution in [-0.2, 0) is 9.53 Å². The predicted octanol–water partition coefficient (Wildman–Crippen LogP) is 0.701. The molecule has 2 aliphatic heterocycles. The van der Waals surface area contributed by atoms with Crippen LogP contribution in [0, 0.1) is 5.92 Å². The molecule has 2 aliphatic rings. The van der Waals surface area contributed by atoms with Gasteiger partial charge in [-0.25, -0.2) is 0 Å². The Hall–Kier alpha value is -0.320. The Morgan fingerprint density at radius 1 is 1.44 bits per heavy atom. The van der Waals surface area contributed by atoms with E-state index in [9.17, 15) is 4.79 Å². The summed E-state index contributed by atoms with van der Waals surface area (Å²) in [6, 6.07) is 0. The molecule has 2 N–H and O–H groups in total. The average molecular weight is 249 g/mol. The Balaban J connectivity index is 0.00000128. The van der Waals surface area contributed by atoms with Crippen LogP contribution >= 0.6 is 12.4 Å². The van der Waals surface area contributed by atoms with E-state index >= 15 is 0 Å². The number of carbonyl (C=O) groups excluding carboxylic acids is 1. The molecule has 2 heterocycles. The summed E-state index contributed by atoms with van der Waals surface area (Å²) in [5.41, 5.74) is 0. The number of halogens is 1. The van der Waals surface area contributed by atoms with Gasteiger partial charge < -0.3 is 15.4 Å². The molecule has 2 fully saturated rings. The van der Waals surface area contributed by atoms with Gasteiger partial charge in [-0.15, -0.1) is 12.4 Å². The quantitative estimate of drug-likeness (QED) is 0.770. The summed E-state index contributed by atoms with van der Waals surface area (Å²) >= 11 is 0. The van der Waals surface area contributed by atoms with Gasteiger partial charge in [-0.2, -0.15) is 0 Å². The Kier molecular flexibility index (Phi) is 5.52. The number of hydrogen-bond acceptors (Lipinski definition) is 3. The lowest BCUT2D eigenvalue weighted by molar-refractivity contribution is -0.132. The van der Waals surface area contributed by atoms with Gasteiger partial charge in [0.1, 0.15) is 6.10 Å². The zero-order valence-electron chi connectivity index (χ0n) is 9.70. The van der Waals surface area contributed by atoms with Crippen molar-refractivity contribution in [3.63, 3.8) is 0 Å². The lowest BCUT2D eigenvalue weighted by atomic mass is 10.0. The van der Waals surface area contributed by atoms with E-state index in [0.29, 0.717) is 12.0 Å². The van der Waals surface area contributed by atoms with E-state index in [1.165, 1.54) is 0 Å². The van der Waals surface area contributed by atoms with Gasteiger partial charge in [-0.05, 0) is 19.3 Å². The molecule has 94 valence electrons. The molecule has 2 rings (SSSR count). The fourth-order valence-corrected chi connectivity index (χ4v) is 2.05. The first kappa shape index (κ1) is 13.7. The molecular weight excluding hydrogens is 228 g/mol. The molecule has 2 unspecified atom stereocenters. The summed E-state index contributed by atoms with van der Waals surface area (Å²) in [4.78, 5) is 11.7. The summed E-state index contributed by atoms with van der Waals surface area (Å²) in [5, 5.41) is 6.16. The molecule has 5 heteroatoms. The maximum Gasteiger partial charge on any atom is 0.249 e. The van der Waals surface area contributed by atoms with Gasteiger partial charge in [-0.3, -0.25) is 4.79 Å². The van der Waals surface area contributed by atoms with Gasteiger partial charge >= 0.3 is 0 Å². The summed E-state index contributed by atoms with van der Waals surface area (Å²) in [7, 11) is 0. The fraction of sp³-hybridized carbons (Fsp3) is 0.909. The third kappa shape index (κ3) is 3.34. The van der Waals surface area contributed by atoms with E-state index in [1.807, 2.05) is 0 Å². The molecule has 0 aromatic carbocycles. The molecule has 0 radical (unpaired) electrons. The van der Waals surface area contributed by atoms with E-state index < -0.39 is 0 Å². The standard InChI is InChI=1S/C11H20N2O2.ClH/c1-2-9-3-4-10(15-9)11(14)13-7-8-5-12-6-8;/h8-10,12H,2-7H2,1H3,(H,13,14);1H. The van der Waals surface area contributed by atoms with Gasteiger partial charge in [-0.1, -0.05) is 6.92 Å². The molecule has 2 atom stereocenters. The minimum atomic E-state index is -0.192. The highest BCUT2D eigenvalue weighted by Crippen LogP contribution is 2.21. The van der Waals surface area contributed by atoms with Crippen molar-refractivity contribution in [3.8, 4) is 0 Å². The zero-order chi connectivity index (χ0) is 10.7. The third-order valence-electron chi connectivity index (χ3n) is 3.29. The summed E-state index contributed by atoms with van der Waals surface area (Å²) in [5.74, 6) is 0.704. The maximum absolute atomic E-state index is 11.7. The summed E-state index contributed by atoms with van der Waals surface area (Å²) < 4.78 is 5.63. The number of rotatable bonds is 4. The average Bonchev–Trinajstić information content (AvgIpc) is 2.63. The first-order valence-corrected chi connectivity index (χ1v) is 5.93. The molecule has 0 aliphatic carbocycles. The van der Waals surface area contributed by atoms with Crippen LogP contribution in [0.2, 0.25) is 0 Å². The minimum absolute atomic E-state index is 0. The van der Waals surface area contributed by atoms with Gasteiger partial charge in [0.05, 0.1) is 6.10 Å². The zero-order valence-corrected chi connectivity index (χ0v) is 10.5. The van der Waals surface area contributed by atoms with Crippen molar-refractivity contribution in [1.29, 1.82) is 0 Å². The molecule has 2 saturated heterocycles. The van der Waals surface area contributed by atoms with Gasteiger partial charge in [0, 0.05) is 25.6 Å². The summed E-state index contributed by atoms with van der Waals surface area (Å²) in [6.07, 6.45) is 3.03. The Bertz CT molecular complexity index is 234.